The molecule has 0 bridgehead atoms. The van der Waals surface area contributed by atoms with Crippen LogP contribution in [0.2, 0.25) is 0 Å². The van der Waals surface area contributed by atoms with E-state index in [-0.39, 0.29) is 11.7 Å². The minimum atomic E-state index is 0.204. The van der Waals surface area contributed by atoms with Gasteiger partial charge in [0, 0.05) is 16.5 Å². The van der Waals surface area contributed by atoms with Crippen LogP contribution in [0.15, 0.2) is 46.9 Å². The number of hydrogen-bond donors (Lipinski definition) is 0. The van der Waals surface area contributed by atoms with Crippen LogP contribution in [-0.4, -0.2) is 12.4 Å². The Morgan fingerprint density at radius 1 is 1.24 bits per heavy atom. The number of Topliss-reactive ketones (excluding diaryl/α,β-unsaturated/α-hetero) is 1. The van der Waals surface area contributed by atoms with Crippen molar-refractivity contribution in [2.75, 3.05) is 6.61 Å². The summed E-state index contributed by atoms with van der Waals surface area (Å²) < 4.78 is 6.65. The van der Waals surface area contributed by atoms with Gasteiger partial charge in [0.1, 0.15) is 5.75 Å². The largest absolute Gasteiger partial charge is 0.493 e. The molecule has 0 spiro atoms. The number of benzene rings is 2. The molecule has 2 nitrogen and oxygen atoms in total. The first-order chi connectivity index (χ1) is 10.2. The van der Waals surface area contributed by atoms with E-state index >= 15 is 0 Å². The minimum absolute atomic E-state index is 0.204. The summed E-state index contributed by atoms with van der Waals surface area (Å²) in [6, 6.07) is 13.8. The van der Waals surface area contributed by atoms with Crippen LogP contribution in [0.4, 0.5) is 0 Å². The third-order valence-electron chi connectivity index (χ3n) is 4.08. The molecule has 108 valence electrons. The van der Waals surface area contributed by atoms with Crippen molar-refractivity contribution in [3.63, 3.8) is 0 Å². The van der Waals surface area contributed by atoms with Crippen LogP contribution in [0, 0.1) is 6.92 Å². The fourth-order valence-corrected chi connectivity index (χ4v) is 3.24. The van der Waals surface area contributed by atoms with E-state index in [1.165, 1.54) is 0 Å². The molecule has 0 amide bonds. The molecule has 0 fully saturated rings. The van der Waals surface area contributed by atoms with Crippen LogP contribution in [-0.2, 0) is 0 Å². The van der Waals surface area contributed by atoms with Gasteiger partial charge in [0.05, 0.1) is 6.61 Å². The van der Waals surface area contributed by atoms with Gasteiger partial charge in [-0.15, -0.1) is 0 Å². The number of carbonyl (C=O) groups excluding carboxylic acids is 1. The lowest BCUT2D eigenvalue weighted by Crippen LogP contribution is -2.17. The molecule has 0 saturated carbocycles. The van der Waals surface area contributed by atoms with E-state index in [1.807, 2.05) is 43.3 Å². The molecule has 1 atom stereocenters. The van der Waals surface area contributed by atoms with Crippen LogP contribution >= 0.6 is 15.9 Å². The Hall–Kier alpha value is -1.61. The van der Waals surface area contributed by atoms with Crippen LogP contribution in [0.1, 0.15) is 40.2 Å². The lowest BCUT2D eigenvalue weighted by Gasteiger charge is -2.25. The fraction of sp³-hybridized carbons (Fsp3) is 0.278. The lowest BCUT2D eigenvalue weighted by molar-refractivity contribution is 0.0965. The van der Waals surface area contributed by atoms with Crippen molar-refractivity contribution < 1.29 is 9.53 Å². The molecule has 0 aromatic heterocycles. The highest BCUT2D eigenvalue weighted by atomic mass is 79.9. The highest BCUT2D eigenvalue weighted by Gasteiger charge is 2.24. The summed E-state index contributed by atoms with van der Waals surface area (Å²) in [6.45, 7) is 2.67. The summed E-state index contributed by atoms with van der Waals surface area (Å²) in [5, 5.41) is 0. The zero-order valence-electron chi connectivity index (χ0n) is 11.9. The quantitative estimate of drug-likeness (QED) is 0.740. The van der Waals surface area contributed by atoms with Gasteiger partial charge in [0.2, 0.25) is 0 Å². The molecule has 1 unspecified atom stereocenters. The number of ketones is 1. The van der Waals surface area contributed by atoms with Gasteiger partial charge in [-0.1, -0.05) is 46.3 Å². The van der Waals surface area contributed by atoms with E-state index in [2.05, 4.69) is 22.0 Å². The fourth-order valence-electron chi connectivity index (χ4n) is 2.87. The minimum Gasteiger partial charge on any atom is -0.493 e. The summed E-state index contributed by atoms with van der Waals surface area (Å²) >= 11 is 3.49. The Kier molecular flexibility index (Phi) is 4.11. The molecular formula is C18H17BrO2. The van der Waals surface area contributed by atoms with Gasteiger partial charge >= 0.3 is 0 Å². The first-order valence-corrected chi connectivity index (χ1v) is 7.96. The number of hydrogen-bond acceptors (Lipinski definition) is 2. The molecule has 1 heterocycles. The molecule has 3 rings (SSSR count). The maximum atomic E-state index is 12.6. The first kappa shape index (κ1) is 14.3. The Morgan fingerprint density at radius 3 is 2.90 bits per heavy atom. The third-order valence-corrected chi connectivity index (χ3v) is 4.94. The summed E-state index contributed by atoms with van der Waals surface area (Å²) in [7, 11) is 0. The molecule has 21 heavy (non-hydrogen) atoms. The van der Waals surface area contributed by atoms with Gasteiger partial charge in [-0.25, -0.2) is 0 Å². The number of rotatable bonds is 3. The van der Waals surface area contributed by atoms with Crippen molar-refractivity contribution in [2.45, 2.75) is 25.7 Å². The number of halogens is 1. The summed E-state index contributed by atoms with van der Waals surface area (Å²) in [4.78, 5) is 12.6. The second-order valence-corrected chi connectivity index (χ2v) is 6.27. The van der Waals surface area contributed by atoms with E-state index in [9.17, 15) is 4.79 Å². The smallest absolute Gasteiger partial charge is 0.163 e. The van der Waals surface area contributed by atoms with Crippen LogP contribution in [0.25, 0.3) is 0 Å². The predicted octanol–water partition coefficient (Wildman–Crippen LogP) is 4.90. The van der Waals surface area contributed by atoms with Gasteiger partial charge in [-0.05, 0) is 42.5 Å². The van der Waals surface area contributed by atoms with Crippen molar-refractivity contribution >= 4 is 21.7 Å². The number of fused-ring (bicyclic) bond motifs is 1. The second kappa shape index (κ2) is 6.02. The summed E-state index contributed by atoms with van der Waals surface area (Å²) in [6.07, 6.45) is 1.44. The summed E-state index contributed by atoms with van der Waals surface area (Å²) in [5.74, 6) is 1.38. The van der Waals surface area contributed by atoms with Crippen molar-refractivity contribution in [1.29, 1.82) is 0 Å². The molecule has 0 saturated heterocycles. The highest BCUT2D eigenvalue weighted by molar-refractivity contribution is 9.10. The van der Waals surface area contributed by atoms with E-state index in [0.717, 1.165) is 33.3 Å². The topological polar surface area (TPSA) is 26.3 Å². The van der Waals surface area contributed by atoms with Crippen LogP contribution in [0.5, 0.6) is 5.75 Å². The number of para-hydroxylation sites is 1. The van der Waals surface area contributed by atoms with E-state index in [0.29, 0.717) is 13.0 Å². The van der Waals surface area contributed by atoms with Crippen molar-refractivity contribution in [3.8, 4) is 5.75 Å². The van der Waals surface area contributed by atoms with Gasteiger partial charge in [-0.3, -0.25) is 4.79 Å². The average molecular weight is 345 g/mol. The Morgan fingerprint density at radius 2 is 2.05 bits per heavy atom. The van der Waals surface area contributed by atoms with Crippen LogP contribution in [0.3, 0.4) is 0 Å². The Bertz CT molecular complexity index is 679. The molecule has 2 aromatic carbocycles. The first-order valence-electron chi connectivity index (χ1n) is 7.17. The molecule has 0 radical (unpaired) electrons. The number of carbonyl (C=O) groups is 1. The van der Waals surface area contributed by atoms with Crippen molar-refractivity contribution in [3.05, 3.63) is 63.6 Å². The normalized spacial score (nSPS) is 17.0. The zero-order valence-corrected chi connectivity index (χ0v) is 13.5. The molecule has 2 aromatic rings. The molecule has 0 aliphatic carbocycles. The SMILES string of the molecule is Cc1c(Br)cccc1C(=O)CC1CCOc2ccccc21. The molecular weight excluding hydrogens is 328 g/mol. The van der Waals surface area contributed by atoms with E-state index < -0.39 is 0 Å². The zero-order chi connectivity index (χ0) is 14.8. The highest BCUT2D eigenvalue weighted by Crippen LogP contribution is 2.36. The third kappa shape index (κ3) is 2.88. The van der Waals surface area contributed by atoms with Gasteiger partial charge in [0.25, 0.3) is 0 Å². The van der Waals surface area contributed by atoms with Gasteiger partial charge < -0.3 is 4.74 Å². The maximum Gasteiger partial charge on any atom is 0.163 e. The van der Waals surface area contributed by atoms with E-state index in [4.69, 9.17) is 4.74 Å². The van der Waals surface area contributed by atoms with E-state index in [1.54, 1.807) is 0 Å². The number of ether oxygens (including phenoxy) is 1. The lowest BCUT2D eigenvalue weighted by atomic mass is 9.86. The Balaban J connectivity index is 1.85. The standard InChI is InChI=1S/C18H17BrO2/c1-12-14(6-4-7-16(12)19)17(20)11-13-9-10-21-18-8-3-2-5-15(13)18/h2-8,13H,9-11H2,1H3. The molecule has 1 aliphatic rings. The van der Waals surface area contributed by atoms with Crippen LogP contribution < -0.4 is 4.74 Å². The van der Waals surface area contributed by atoms with Crippen molar-refractivity contribution in [1.82, 2.24) is 0 Å². The average Bonchev–Trinajstić information content (AvgIpc) is 2.50. The summed E-state index contributed by atoms with van der Waals surface area (Å²) in [5.41, 5.74) is 2.99. The Labute approximate surface area is 133 Å². The molecule has 3 heteroatoms. The van der Waals surface area contributed by atoms with Gasteiger partial charge in [-0.2, -0.15) is 0 Å². The molecule has 1 aliphatic heterocycles. The maximum absolute atomic E-state index is 12.6. The monoisotopic (exact) mass is 344 g/mol. The van der Waals surface area contributed by atoms with Gasteiger partial charge in [0.15, 0.2) is 5.78 Å². The van der Waals surface area contributed by atoms with Crippen molar-refractivity contribution in [2.24, 2.45) is 0 Å². The molecule has 0 N–H and O–H groups in total. The predicted molar refractivity (Wildman–Crippen MR) is 87.1 cm³/mol. The second-order valence-electron chi connectivity index (χ2n) is 5.41.